The maximum Gasteiger partial charge on any atom is 0.319 e. The number of nitrogens with zero attached hydrogens (tertiary/aromatic N) is 3. The number of ether oxygens (including phenoxy) is 2. The van der Waals surface area contributed by atoms with E-state index in [1.807, 2.05) is 59.6 Å². The lowest BCUT2D eigenvalue weighted by molar-refractivity contribution is -0.142. The van der Waals surface area contributed by atoms with Crippen LogP contribution in [0.15, 0.2) is 85.1 Å². The van der Waals surface area contributed by atoms with E-state index in [-0.39, 0.29) is 24.5 Å². The van der Waals surface area contributed by atoms with Gasteiger partial charge in [0.1, 0.15) is 5.75 Å². The standard InChI is InChI=1S/C34H41N5O4/c1-42-32-15-9-6-10-26(32)22-38(25-34(41)43-2)23-28(20-27-21-35-31-14-8-7-13-30(27)31)36-33(40)24-37-16-18-39(19-17-37)29-11-4-3-5-12-29/h3-15,21,28,35H,16-20,22-25H2,1-2H3,(H,36,40). The number of esters is 1. The quantitative estimate of drug-likeness (QED) is 0.232. The molecular formula is C34H41N5O4. The van der Waals surface area contributed by atoms with E-state index >= 15 is 0 Å². The van der Waals surface area contributed by atoms with Crippen molar-refractivity contribution < 1.29 is 19.1 Å². The molecule has 3 aromatic carbocycles. The summed E-state index contributed by atoms with van der Waals surface area (Å²) in [4.78, 5) is 35.9. The van der Waals surface area contributed by atoms with Crippen LogP contribution >= 0.6 is 0 Å². The van der Waals surface area contributed by atoms with Gasteiger partial charge in [-0.3, -0.25) is 19.4 Å². The van der Waals surface area contributed by atoms with Crippen molar-refractivity contribution in [1.82, 2.24) is 20.1 Å². The number of amides is 1. The third kappa shape index (κ3) is 8.15. The Balaban J connectivity index is 1.29. The summed E-state index contributed by atoms with van der Waals surface area (Å²) in [6.45, 7) is 4.74. The minimum atomic E-state index is -0.330. The van der Waals surface area contributed by atoms with Crippen molar-refractivity contribution in [1.29, 1.82) is 0 Å². The number of hydrogen-bond acceptors (Lipinski definition) is 7. The minimum absolute atomic E-state index is 0.0201. The number of para-hydroxylation sites is 3. The molecule has 1 saturated heterocycles. The molecule has 1 unspecified atom stereocenters. The van der Waals surface area contributed by atoms with E-state index < -0.39 is 0 Å². The van der Waals surface area contributed by atoms with Gasteiger partial charge in [-0.25, -0.2) is 0 Å². The summed E-state index contributed by atoms with van der Waals surface area (Å²) in [5.41, 5.74) is 4.35. The number of aromatic amines is 1. The first-order chi connectivity index (χ1) is 21.0. The molecule has 0 saturated carbocycles. The van der Waals surface area contributed by atoms with E-state index in [9.17, 15) is 9.59 Å². The highest BCUT2D eigenvalue weighted by Gasteiger charge is 2.24. The number of benzene rings is 3. The van der Waals surface area contributed by atoms with E-state index in [2.05, 4.69) is 50.4 Å². The third-order valence-corrected chi connectivity index (χ3v) is 8.01. The first kappa shape index (κ1) is 30.1. The Labute approximate surface area is 253 Å². The second-order valence-electron chi connectivity index (χ2n) is 11.0. The summed E-state index contributed by atoms with van der Waals surface area (Å²) in [6.07, 6.45) is 2.62. The summed E-state index contributed by atoms with van der Waals surface area (Å²) >= 11 is 0. The fourth-order valence-electron chi connectivity index (χ4n) is 5.82. The third-order valence-electron chi connectivity index (χ3n) is 8.01. The van der Waals surface area contributed by atoms with Gasteiger partial charge in [0.2, 0.25) is 5.91 Å². The first-order valence-electron chi connectivity index (χ1n) is 14.8. The summed E-state index contributed by atoms with van der Waals surface area (Å²) < 4.78 is 10.6. The predicted molar refractivity (Wildman–Crippen MR) is 169 cm³/mol. The molecule has 0 bridgehead atoms. The Bertz CT molecular complexity index is 1480. The van der Waals surface area contributed by atoms with Crippen LogP contribution in [0.3, 0.4) is 0 Å². The van der Waals surface area contributed by atoms with Crippen molar-refractivity contribution in [2.45, 2.75) is 19.0 Å². The van der Waals surface area contributed by atoms with Crippen molar-refractivity contribution in [2.75, 3.05) is 64.9 Å². The molecule has 1 aliphatic heterocycles. The van der Waals surface area contributed by atoms with Crippen LogP contribution in [0.4, 0.5) is 5.69 Å². The number of carbonyl (C=O) groups excluding carboxylic acids is 2. The largest absolute Gasteiger partial charge is 0.496 e. The number of carbonyl (C=O) groups is 2. The molecule has 0 spiro atoms. The van der Waals surface area contributed by atoms with Gasteiger partial charge in [-0.15, -0.1) is 0 Å². The summed E-state index contributed by atoms with van der Waals surface area (Å²) in [6, 6.07) is 26.1. The zero-order valence-electron chi connectivity index (χ0n) is 25.0. The van der Waals surface area contributed by atoms with E-state index in [1.54, 1.807) is 7.11 Å². The lowest BCUT2D eigenvalue weighted by Gasteiger charge is -2.36. The zero-order valence-corrected chi connectivity index (χ0v) is 25.0. The molecule has 1 amide bonds. The van der Waals surface area contributed by atoms with Gasteiger partial charge in [0.05, 0.1) is 27.3 Å². The number of rotatable bonds is 13. The van der Waals surface area contributed by atoms with Gasteiger partial charge in [0.25, 0.3) is 0 Å². The number of methoxy groups -OCH3 is 2. The van der Waals surface area contributed by atoms with E-state index in [1.165, 1.54) is 12.8 Å². The second-order valence-corrected chi connectivity index (χ2v) is 11.0. The normalized spacial score (nSPS) is 14.5. The summed E-state index contributed by atoms with van der Waals surface area (Å²) in [7, 11) is 3.04. The molecule has 9 heteroatoms. The van der Waals surface area contributed by atoms with Crippen LogP contribution in [0.2, 0.25) is 0 Å². The van der Waals surface area contributed by atoms with Gasteiger partial charge < -0.3 is 24.7 Å². The molecule has 9 nitrogen and oxygen atoms in total. The van der Waals surface area contributed by atoms with Gasteiger partial charge >= 0.3 is 5.97 Å². The maximum atomic E-state index is 13.5. The highest BCUT2D eigenvalue weighted by Crippen LogP contribution is 2.22. The van der Waals surface area contributed by atoms with E-state index in [0.29, 0.717) is 26.1 Å². The number of fused-ring (bicyclic) bond motifs is 1. The molecule has 43 heavy (non-hydrogen) atoms. The van der Waals surface area contributed by atoms with Crippen LogP contribution in [0.1, 0.15) is 11.1 Å². The number of aromatic nitrogens is 1. The molecule has 1 atom stereocenters. The highest BCUT2D eigenvalue weighted by atomic mass is 16.5. The molecule has 226 valence electrons. The molecule has 2 N–H and O–H groups in total. The SMILES string of the molecule is COC(=O)CN(Cc1ccccc1OC)CC(Cc1c[nH]c2ccccc12)NC(=O)CN1CCN(c2ccccc2)CC1. The molecule has 0 radical (unpaired) electrons. The lowest BCUT2D eigenvalue weighted by atomic mass is 10.0. The Kier molecular flexibility index (Phi) is 10.3. The van der Waals surface area contributed by atoms with Crippen LogP contribution in [0.25, 0.3) is 10.9 Å². The fraction of sp³-hybridized carbons (Fsp3) is 0.353. The molecule has 5 rings (SSSR count). The number of H-pyrrole nitrogens is 1. The summed E-state index contributed by atoms with van der Waals surface area (Å²) in [5, 5.41) is 4.44. The van der Waals surface area contributed by atoms with Gasteiger partial charge in [0.15, 0.2) is 0 Å². The lowest BCUT2D eigenvalue weighted by Crippen LogP contribution is -2.52. The number of piperazine rings is 1. The van der Waals surface area contributed by atoms with E-state index in [0.717, 1.165) is 54.0 Å². The van der Waals surface area contributed by atoms with Crippen LogP contribution in [0, 0.1) is 0 Å². The highest BCUT2D eigenvalue weighted by molar-refractivity contribution is 5.83. The molecular weight excluding hydrogens is 542 g/mol. The van der Waals surface area contributed by atoms with Crippen molar-refractivity contribution in [3.05, 3.63) is 96.2 Å². The second kappa shape index (κ2) is 14.7. The van der Waals surface area contributed by atoms with Crippen LogP contribution in [-0.2, 0) is 27.3 Å². The Morgan fingerprint density at radius 3 is 2.40 bits per heavy atom. The molecule has 1 aromatic heterocycles. The zero-order chi connectivity index (χ0) is 30.0. The van der Waals surface area contributed by atoms with Gasteiger partial charge in [0, 0.05) is 73.7 Å². The molecule has 1 fully saturated rings. The average Bonchev–Trinajstić information content (AvgIpc) is 3.44. The van der Waals surface area contributed by atoms with Gasteiger partial charge in [-0.1, -0.05) is 54.6 Å². The van der Waals surface area contributed by atoms with Gasteiger partial charge in [-0.2, -0.15) is 0 Å². The number of anilines is 1. The monoisotopic (exact) mass is 583 g/mol. The van der Waals surface area contributed by atoms with Crippen molar-refractivity contribution >= 4 is 28.5 Å². The predicted octanol–water partition coefficient (Wildman–Crippen LogP) is 3.70. The van der Waals surface area contributed by atoms with Crippen LogP contribution < -0.4 is 15.0 Å². The van der Waals surface area contributed by atoms with Crippen LogP contribution in [0.5, 0.6) is 5.75 Å². The Hall–Kier alpha value is -4.34. The molecule has 1 aliphatic rings. The van der Waals surface area contributed by atoms with Crippen molar-refractivity contribution in [3.63, 3.8) is 0 Å². The number of nitrogens with one attached hydrogen (secondary N) is 2. The summed E-state index contributed by atoms with van der Waals surface area (Å²) in [5.74, 6) is 0.404. The first-order valence-corrected chi connectivity index (χ1v) is 14.8. The van der Waals surface area contributed by atoms with Crippen molar-refractivity contribution in [3.8, 4) is 5.75 Å². The fourth-order valence-corrected chi connectivity index (χ4v) is 5.82. The molecule has 0 aliphatic carbocycles. The topological polar surface area (TPSA) is 90.1 Å². The average molecular weight is 584 g/mol. The Morgan fingerprint density at radius 1 is 0.907 bits per heavy atom. The maximum absolute atomic E-state index is 13.5. The van der Waals surface area contributed by atoms with Crippen LogP contribution in [-0.4, -0.2) is 92.7 Å². The van der Waals surface area contributed by atoms with E-state index in [4.69, 9.17) is 9.47 Å². The minimum Gasteiger partial charge on any atom is -0.496 e. The van der Waals surface area contributed by atoms with Crippen molar-refractivity contribution in [2.24, 2.45) is 0 Å². The number of hydrogen-bond donors (Lipinski definition) is 2. The molecule has 2 heterocycles. The molecule has 4 aromatic rings. The Morgan fingerprint density at radius 2 is 1.63 bits per heavy atom. The smallest absolute Gasteiger partial charge is 0.319 e. The van der Waals surface area contributed by atoms with Gasteiger partial charge in [-0.05, 0) is 36.2 Å².